The Bertz CT molecular complexity index is 221. The van der Waals surface area contributed by atoms with Crippen molar-refractivity contribution in [1.29, 1.82) is 0 Å². The summed E-state index contributed by atoms with van der Waals surface area (Å²) in [5, 5.41) is 2.89. The van der Waals surface area contributed by atoms with Crippen LogP contribution in [0.4, 0.5) is 0 Å². The summed E-state index contributed by atoms with van der Waals surface area (Å²) in [7, 11) is 1.83. The molecule has 0 aromatic rings. The fraction of sp³-hybridized carbons (Fsp3) is 0.889. The maximum atomic E-state index is 9.85. The van der Waals surface area contributed by atoms with E-state index in [0.717, 1.165) is 24.7 Å². The van der Waals surface area contributed by atoms with Crippen LogP contribution >= 0.6 is 0 Å². The molecule has 0 spiro atoms. The first kappa shape index (κ1) is 25.3. The number of nitrogens with one attached hydrogen (secondary N) is 1. The largest absolute Gasteiger partial charge is 0.319 e. The maximum absolute atomic E-state index is 9.85. The minimum atomic E-state index is 0.157. The highest BCUT2D eigenvalue weighted by atomic mass is 16.1. The Kier molecular flexibility index (Phi) is 23.2. The molecule has 1 aliphatic carbocycles. The molecule has 3 nitrogen and oxygen atoms in total. The summed E-state index contributed by atoms with van der Waals surface area (Å²) in [6, 6.07) is 0. The van der Waals surface area contributed by atoms with Crippen LogP contribution in [0.2, 0.25) is 0 Å². The van der Waals surface area contributed by atoms with Crippen molar-refractivity contribution in [3.05, 3.63) is 0 Å². The van der Waals surface area contributed by atoms with Crippen molar-refractivity contribution in [3.63, 3.8) is 0 Å². The molecular weight excluding hydrogens is 262 g/mol. The van der Waals surface area contributed by atoms with Crippen LogP contribution in [0, 0.1) is 17.8 Å². The number of rotatable bonds is 4. The molecule has 0 amide bonds. The van der Waals surface area contributed by atoms with Gasteiger partial charge in [0.05, 0.1) is 0 Å². The summed E-state index contributed by atoms with van der Waals surface area (Å²) in [5.74, 6) is 2.44. The highest BCUT2D eigenvalue weighted by Gasteiger charge is 2.17. The minimum Gasteiger partial charge on any atom is -0.319 e. The van der Waals surface area contributed by atoms with Gasteiger partial charge < -0.3 is 14.9 Å². The molecule has 1 N–H and O–H groups in total. The highest BCUT2D eigenvalue weighted by molar-refractivity contribution is 5.74. The van der Waals surface area contributed by atoms with E-state index in [1.54, 1.807) is 6.92 Å². The lowest BCUT2D eigenvalue weighted by Gasteiger charge is -2.05. The molecule has 21 heavy (non-hydrogen) atoms. The molecule has 0 radical (unpaired) electrons. The van der Waals surface area contributed by atoms with Crippen LogP contribution < -0.4 is 5.32 Å². The number of carbonyl (C=O) groups is 2. The monoisotopic (exact) mass is 301 g/mol. The summed E-state index contributed by atoms with van der Waals surface area (Å²) < 4.78 is 0. The predicted octanol–water partition coefficient (Wildman–Crippen LogP) is 4.49. The third-order valence-corrected chi connectivity index (χ3v) is 3.55. The van der Waals surface area contributed by atoms with Gasteiger partial charge in [0.2, 0.25) is 0 Å². The molecule has 0 aromatic carbocycles. The molecule has 0 heterocycles. The van der Waals surface area contributed by atoms with Gasteiger partial charge in [-0.1, -0.05) is 60.8 Å². The van der Waals surface area contributed by atoms with E-state index < -0.39 is 0 Å². The van der Waals surface area contributed by atoms with Crippen LogP contribution in [0.3, 0.4) is 0 Å². The quantitative estimate of drug-likeness (QED) is 0.778. The van der Waals surface area contributed by atoms with Gasteiger partial charge in [0, 0.05) is 18.9 Å². The van der Waals surface area contributed by atoms with E-state index in [1.807, 2.05) is 34.7 Å². The Morgan fingerprint density at radius 3 is 1.71 bits per heavy atom. The Morgan fingerprint density at radius 2 is 1.62 bits per heavy atom. The fourth-order valence-electron chi connectivity index (χ4n) is 1.70. The van der Waals surface area contributed by atoms with Gasteiger partial charge in [-0.2, -0.15) is 0 Å². The van der Waals surface area contributed by atoms with E-state index in [1.165, 1.54) is 19.3 Å². The van der Waals surface area contributed by atoms with Crippen LogP contribution in [-0.2, 0) is 9.59 Å². The van der Waals surface area contributed by atoms with Crippen molar-refractivity contribution < 1.29 is 9.59 Å². The first-order chi connectivity index (χ1) is 9.88. The second kappa shape index (κ2) is 19.3. The number of Topliss-reactive ketones (excluding diaryl/α,β-unsaturated/α-hetero) is 1. The van der Waals surface area contributed by atoms with Crippen LogP contribution in [0.5, 0.6) is 0 Å². The molecule has 1 saturated carbocycles. The SMILES string of the molecule is CC.CC1CCCC1C.CCC(C)=O.CNCC(C)C=O. The van der Waals surface area contributed by atoms with Crippen LogP contribution in [0.15, 0.2) is 0 Å². The second-order valence-electron chi connectivity index (χ2n) is 5.61. The summed E-state index contributed by atoms with van der Waals surface area (Å²) in [4.78, 5) is 19.7. The molecule has 1 rings (SSSR count). The molecule has 0 saturated heterocycles. The molecule has 3 heteroatoms. The van der Waals surface area contributed by atoms with Gasteiger partial charge in [0.25, 0.3) is 0 Å². The molecule has 128 valence electrons. The van der Waals surface area contributed by atoms with E-state index in [0.29, 0.717) is 6.42 Å². The van der Waals surface area contributed by atoms with E-state index in [-0.39, 0.29) is 11.7 Å². The first-order valence-corrected chi connectivity index (χ1v) is 8.48. The van der Waals surface area contributed by atoms with Gasteiger partial charge in [0.1, 0.15) is 12.1 Å². The number of hydrogen-bond donors (Lipinski definition) is 1. The average molecular weight is 302 g/mol. The van der Waals surface area contributed by atoms with Crippen molar-refractivity contribution in [3.8, 4) is 0 Å². The topological polar surface area (TPSA) is 46.2 Å². The molecule has 0 aliphatic heterocycles. The summed E-state index contributed by atoms with van der Waals surface area (Å²) in [6.45, 7) is 14.8. The lowest BCUT2D eigenvalue weighted by Crippen LogP contribution is -2.16. The molecule has 0 aromatic heterocycles. The normalized spacial score (nSPS) is 20.6. The molecule has 1 aliphatic rings. The van der Waals surface area contributed by atoms with Crippen molar-refractivity contribution >= 4 is 12.1 Å². The fourth-order valence-corrected chi connectivity index (χ4v) is 1.70. The van der Waals surface area contributed by atoms with E-state index in [2.05, 4.69) is 19.2 Å². The molecular formula is C18H39NO2. The molecule has 1 fully saturated rings. The van der Waals surface area contributed by atoms with Crippen molar-refractivity contribution in [2.75, 3.05) is 13.6 Å². The van der Waals surface area contributed by atoms with Crippen molar-refractivity contribution in [1.82, 2.24) is 5.32 Å². The lowest BCUT2D eigenvalue weighted by atomic mass is 10.0. The lowest BCUT2D eigenvalue weighted by molar-refractivity contribution is -0.116. The van der Waals surface area contributed by atoms with Gasteiger partial charge in [0.15, 0.2) is 0 Å². The highest BCUT2D eigenvalue weighted by Crippen LogP contribution is 2.29. The Labute approximate surface area is 133 Å². The van der Waals surface area contributed by atoms with Crippen LogP contribution in [0.25, 0.3) is 0 Å². The standard InChI is InChI=1S/C7H14.C5H11NO.C4H8O.C2H6/c1-6-4-3-5-7(6)2;1-5(4-7)3-6-2;1-3-4(2)5;1-2/h6-7H,3-5H2,1-2H3;4-6H,3H2,1-2H3;3H2,1-2H3;1-2H3. The zero-order chi connectivity index (χ0) is 17.3. The van der Waals surface area contributed by atoms with Gasteiger partial charge >= 0.3 is 0 Å². The number of ketones is 1. The molecule has 3 unspecified atom stereocenters. The smallest absolute Gasteiger partial charge is 0.129 e. The zero-order valence-corrected chi connectivity index (χ0v) is 15.7. The third-order valence-electron chi connectivity index (χ3n) is 3.55. The van der Waals surface area contributed by atoms with Gasteiger partial charge in [-0.25, -0.2) is 0 Å². The van der Waals surface area contributed by atoms with Crippen molar-refractivity contribution in [2.24, 2.45) is 17.8 Å². The van der Waals surface area contributed by atoms with Gasteiger partial charge in [-0.3, -0.25) is 0 Å². The summed E-state index contributed by atoms with van der Waals surface area (Å²) >= 11 is 0. The van der Waals surface area contributed by atoms with E-state index in [9.17, 15) is 9.59 Å². The molecule has 3 atom stereocenters. The van der Waals surface area contributed by atoms with Gasteiger partial charge in [-0.05, 0) is 25.8 Å². The number of carbonyl (C=O) groups excluding carboxylic acids is 2. The Hall–Kier alpha value is -0.700. The van der Waals surface area contributed by atoms with E-state index in [4.69, 9.17) is 0 Å². The zero-order valence-electron chi connectivity index (χ0n) is 15.7. The third kappa shape index (κ3) is 21.7. The van der Waals surface area contributed by atoms with Gasteiger partial charge in [-0.15, -0.1) is 0 Å². The maximum Gasteiger partial charge on any atom is 0.129 e. The van der Waals surface area contributed by atoms with E-state index >= 15 is 0 Å². The predicted molar refractivity (Wildman–Crippen MR) is 93.7 cm³/mol. The Balaban J connectivity index is -0.000000222. The van der Waals surface area contributed by atoms with Crippen LogP contribution in [0.1, 0.15) is 74.1 Å². The minimum absolute atomic E-state index is 0.157. The summed E-state index contributed by atoms with van der Waals surface area (Å²) in [6.07, 6.45) is 6.03. The molecule has 0 bridgehead atoms. The van der Waals surface area contributed by atoms with Crippen LogP contribution in [-0.4, -0.2) is 25.7 Å². The number of hydrogen-bond acceptors (Lipinski definition) is 3. The Morgan fingerprint density at radius 1 is 1.24 bits per heavy atom. The average Bonchev–Trinajstić information content (AvgIpc) is 2.86. The second-order valence-corrected chi connectivity index (χ2v) is 5.61. The summed E-state index contributed by atoms with van der Waals surface area (Å²) in [5.41, 5.74) is 0. The number of aldehydes is 1. The van der Waals surface area contributed by atoms with Crippen molar-refractivity contribution in [2.45, 2.75) is 74.1 Å². The first-order valence-electron chi connectivity index (χ1n) is 8.48.